The van der Waals surface area contributed by atoms with E-state index in [0.29, 0.717) is 18.0 Å². The Kier molecular flexibility index (Phi) is 6.64. The van der Waals surface area contributed by atoms with Gasteiger partial charge < -0.3 is 9.47 Å². The number of nitrogens with zero attached hydrogens (tertiary/aromatic N) is 3. The molecule has 0 aliphatic heterocycles. The Balaban J connectivity index is 1.84. The van der Waals surface area contributed by atoms with Crippen molar-refractivity contribution in [2.75, 3.05) is 18.7 Å². The SMILES string of the molecule is COc1cc(/C=N/N(Cc2ccccc2)c2ccccc2)ccc1OCC#N. The summed E-state index contributed by atoms with van der Waals surface area (Å²) < 4.78 is 10.7. The maximum Gasteiger partial charge on any atom is 0.174 e. The van der Waals surface area contributed by atoms with Gasteiger partial charge in [0, 0.05) is 0 Å². The van der Waals surface area contributed by atoms with Crippen LogP contribution in [0.1, 0.15) is 11.1 Å². The minimum atomic E-state index is -0.0251. The molecule has 0 heterocycles. The van der Waals surface area contributed by atoms with Gasteiger partial charge in [0.25, 0.3) is 0 Å². The Morgan fingerprint density at radius 1 is 0.964 bits per heavy atom. The molecule has 0 aliphatic rings. The van der Waals surface area contributed by atoms with Crippen LogP contribution in [-0.2, 0) is 6.54 Å². The van der Waals surface area contributed by atoms with E-state index in [4.69, 9.17) is 14.7 Å². The number of benzene rings is 3. The van der Waals surface area contributed by atoms with Gasteiger partial charge in [-0.25, -0.2) is 0 Å². The number of anilines is 1. The number of rotatable bonds is 8. The van der Waals surface area contributed by atoms with Gasteiger partial charge in [-0.15, -0.1) is 0 Å². The maximum absolute atomic E-state index is 8.68. The molecule has 5 nitrogen and oxygen atoms in total. The van der Waals surface area contributed by atoms with E-state index in [2.05, 4.69) is 17.2 Å². The minimum Gasteiger partial charge on any atom is -0.493 e. The van der Waals surface area contributed by atoms with Crippen molar-refractivity contribution in [1.82, 2.24) is 0 Å². The summed E-state index contributed by atoms with van der Waals surface area (Å²) in [7, 11) is 1.57. The Bertz CT molecular complexity index is 951. The Morgan fingerprint density at radius 3 is 2.36 bits per heavy atom. The van der Waals surface area contributed by atoms with Gasteiger partial charge in [-0.1, -0.05) is 48.5 Å². The van der Waals surface area contributed by atoms with Crippen LogP contribution in [0.3, 0.4) is 0 Å². The summed E-state index contributed by atoms with van der Waals surface area (Å²) in [5, 5.41) is 15.3. The predicted octanol–water partition coefficient (Wildman–Crippen LogP) is 4.64. The molecule has 0 saturated heterocycles. The number of nitriles is 1. The summed E-state index contributed by atoms with van der Waals surface area (Å²) in [6.45, 7) is 0.629. The molecule has 140 valence electrons. The van der Waals surface area contributed by atoms with Crippen molar-refractivity contribution in [1.29, 1.82) is 5.26 Å². The molecule has 0 spiro atoms. The fourth-order valence-electron chi connectivity index (χ4n) is 2.69. The van der Waals surface area contributed by atoms with E-state index < -0.39 is 0 Å². The van der Waals surface area contributed by atoms with Crippen molar-refractivity contribution in [2.45, 2.75) is 6.54 Å². The van der Waals surface area contributed by atoms with Crippen molar-refractivity contribution < 1.29 is 9.47 Å². The third-order valence-electron chi connectivity index (χ3n) is 4.06. The van der Waals surface area contributed by atoms with Crippen LogP contribution in [-0.4, -0.2) is 19.9 Å². The summed E-state index contributed by atoms with van der Waals surface area (Å²) in [4.78, 5) is 0. The Hall–Kier alpha value is -3.78. The molecule has 3 rings (SSSR count). The van der Waals surface area contributed by atoms with Gasteiger partial charge in [-0.3, -0.25) is 5.01 Å². The van der Waals surface area contributed by atoms with Crippen molar-refractivity contribution in [3.8, 4) is 17.6 Å². The molecule has 0 aromatic heterocycles. The fraction of sp³-hybridized carbons (Fsp3) is 0.130. The van der Waals surface area contributed by atoms with Crippen molar-refractivity contribution in [2.24, 2.45) is 5.10 Å². The van der Waals surface area contributed by atoms with Crippen LogP contribution < -0.4 is 14.5 Å². The van der Waals surface area contributed by atoms with Gasteiger partial charge in [-0.2, -0.15) is 10.4 Å². The lowest BCUT2D eigenvalue weighted by Crippen LogP contribution is -2.16. The maximum atomic E-state index is 8.68. The van der Waals surface area contributed by atoms with Crippen molar-refractivity contribution >= 4 is 11.9 Å². The number of methoxy groups -OCH3 is 1. The second-order valence-corrected chi connectivity index (χ2v) is 5.98. The smallest absolute Gasteiger partial charge is 0.174 e. The van der Waals surface area contributed by atoms with E-state index in [9.17, 15) is 0 Å². The first-order chi connectivity index (χ1) is 13.8. The first kappa shape index (κ1) is 19.0. The molecule has 0 fully saturated rings. The highest BCUT2D eigenvalue weighted by Gasteiger charge is 2.07. The van der Waals surface area contributed by atoms with E-state index in [0.717, 1.165) is 11.3 Å². The van der Waals surface area contributed by atoms with E-state index in [-0.39, 0.29) is 6.61 Å². The van der Waals surface area contributed by atoms with Gasteiger partial charge in [-0.05, 0) is 41.5 Å². The summed E-state index contributed by atoms with van der Waals surface area (Å²) in [6, 6.07) is 27.7. The zero-order valence-electron chi connectivity index (χ0n) is 15.7. The lowest BCUT2D eigenvalue weighted by Gasteiger charge is -2.19. The summed E-state index contributed by atoms with van der Waals surface area (Å²) >= 11 is 0. The van der Waals surface area contributed by atoms with Gasteiger partial charge >= 0.3 is 0 Å². The molecule has 3 aromatic rings. The van der Waals surface area contributed by atoms with E-state index in [1.54, 1.807) is 19.4 Å². The van der Waals surface area contributed by atoms with Crippen LogP contribution in [0, 0.1) is 11.3 Å². The molecule has 0 N–H and O–H groups in total. The van der Waals surface area contributed by atoms with E-state index in [1.807, 2.05) is 71.7 Å². The second kappa shape index (κ2) is 9.79. The molecule has 0 saturated carbocycles. The molecule has 0 unspecified atom stereocenters. The summed E-state index contributed by atoms with van der Waals surface area (Å²) in [5.74, 6) is 1.10. The largest absolute Gasteiger partial charge is 0.493 e. The van der Waals surface area contributed by atoms with Crippen LogP contribution in [0.15, 0.2) is 84.0 Å². The molecule has 28 heavy (non-hydrogen) atoms. The van der Waals surface area contributed by atoms with Gasteiger partial charge in [0.1, 0.15) is 6.07 Å². The van der Waals surface area contributed by atoms with E-state index >= 15 is 0 Å². The number of hydrogen-bond acceptors (Lipinski definition) is 5. The standard InChI is InChI=1S/C23H21N3O2/c1-27-23-16-20(12-13-22(23)28-15-14-24)17-25-26(21-10-6-3-7-11-21)18-19-8-4-2-5-9-19/h2-13,16-17H,15,18H2,1H3/b25-17+. The third-order valence-corrected chi connectivity index (χ3v) is 4.06. The van der Waals surface area contributed by atoms with Gasteiger partial charge in [0.15, 0.2) is 18.1 Å². The average Bonchev–Trinajstić information content (AvgIpc) is 2.76. The van der Waals surface area contributed by atoms with Crippen LogP contribution in [0.25, 0.3) is 0 Å². The summed E-state index contributed by atoms with van der Waals surface area (Å²) in [6.07, 6.45) is 1.78. The fourth-order valence-corrected chi connectivity index (χ4v) is 2.69. The molecule has 0 amide bonds. The van der Waals surface area contributed by atoms with Gasteiger partial charge in [0.2, 0.25) is 0 Å². The Morgan fingerprint density at radius 2 is 1.68 bits per heavy atom. The lowest BCUT2D eigenvalue weighted by molar-refractivity contribution is 0.329. The van der Waals surface area contributed by atoms with Gasteiger partial charge in [0.05, 0.1) is 25.6 Å². The highest BCUT2D eigenvalue weighted by molar-refractivity contribution is 5.81. The van der Waals surface area contributed by atoms with Crippen molar-refractivity contribution in [3.63, 3.8) is 0 Å². The number of hydrogen-bond donors (Lipinski definition) is 0. The molecule has 5 heteroatoms. The monoisotopic (exact) mass is 371 g/mol. The van der Waals surface area contributed by atoms with Crippen LogP contribution in [0.4, 0.5) is 5.69 Å². The third kappa shape index (κ3) is 5.12. The van der Waals surface area contributed by atoms with Crippen molar-refractivity contribution in [3.05, 3.63) is 90.0 Å². The van der Waals surface area contributed by atoms with Crippen LogP contribution in [0.5, 0.6) is 11.5 Å². The second-order valence-electron chi connectivity index (χ2n) is 5.98. The number of hydrazone groups is 1. The van der Waals surface area contributed by atoms with Crippen LogP contribution in [0.2, 0.25) is 0 Å². The molecular formula is C23H21N3O2. The Labute approximate surface area is 165 Å². The quantitative estimate of drug-likeness (QED) is 0.428. The zero-order valence-corrected chi connectivity index (χ0v) is 15.7. The minimum absolute atomic E-state index is 0.0251. The van der Waals surface area contributed by atoms with Crippen LogP contribution >= 0.6 is 0 Å². The first-order valence-electron chi connectivity index (χ1n) is 8.88. The molecule has 3 aromatic carbocycles. The van der Waals surface area contributed by atoms with E-state index in [1.165, 1.54) is 5.56 Å². The predicted molar refractivity (Wildman–Crippen MR) is 111 cm³/mol. The summed E-state index contributed by atoms with van der Waals surface area (Å²) in [5.41, 5.74) is 3.04. The number of para-hydroxylation sites is 1. The first-order valence-corrected chi connectivity index (χ1v) is 8.88. The molecule has 0 aliphatic carbocycles. The highest BCUT2D eigenvalue weighted by atomic mass is 16.5. The molecular weight excluding hydrogens is 350 g/mol. The lowest BCUT2D eigenvalue weighted by atomic mass is 10.2. The highest BCUT2D eigenvalue weighted by Crippen LogP contribution is 2.27. The topological polar surface area (TPSA) is 57.9 Å². The molecule has 0 atom stereocenters. The number of ether oxygens (including phenoxy) is 2. The average molecular weight is 371 g/mol. The molecule has 0 radical (unpaired) electrons. The normalized spacial score (nSPS) is 10.4. The zero-order chi connectivity index (χ0) is 19.6. The molecule has 0 bridgehead atoms.